The van der Waals surface area contributed by atoms with Crippen LogP contribution in [0.3, 0.4) is 0 Å². The second kappa shape index (κ2) is 11.2. The summed E-state index contributed by atoms with van der Waals surface area (Å²) in [4.78, 5) is 41.0. The van der Waals surface area contributed by atoms with Gasteiger partial charge in [-0.15, -0.1) is 0 Å². The number of esters is 2. The molecule has 0 aromatic heterocycles. The summed E-state index contributed by atoms with van der Waals surface area (Å²) in [6.45, 7) is 3.76. The first kappa shape index (κ1) is 27.7. The Morgan fingerprint density at radius 3 is 2.03 bits per heavy atom. The molecule has 0 spiro atoms. The first-order chi connectivity index (χ1) is 18.1. The molecule has 38 heavy (non-hydrogen) atoms. The SMILES string of the molecule is COC(=O)C1=C(C(=O)OC)SC(=C2C(=S)C(C)(C)N(C(=O)C=Cc3ccc(OC)cc3)c3ccccc32)S1. The molecule has 2 aliphatic rings. The number of thiocarbonyl (C=S) groups is 1. The zero-order chi connectivity index (χ0) is 27.6. The Morgan fingerprint density at radius 1 is 0.895 bits per heavy atom. The molecule has 0 saturated carbocycles. The van der Waals surface area contributed by atoms with E-state index in [1.54, 1.807) is 18.1 Å². The summed E-state index contributed by atoms with van der Waals surface area (Å²) < 4.78 is 15.6. The van der Waals surface area contributed by atoms with Crippen LogP contribution in [0.15, 0.2) is 68.7 Å². The average Bonchev–Trinajstić information content (AvgIpc) is 3.36. The first-order valence-electron chi connectivity index (χ1n) is 11.5. The molecule has 2 aromatic rings. The molecule has 0 unspecified atom stereocenters. The van der Waals surface area contributed by atoms with Crippen molar-refractivity contribution in [2.75, 3.05) is 26.2 Å². The highest BCUT2D eigenvalue weighted by Crippen LogP contribution is 2.56. The van der Waals surface area contributed by atoms with E-state index in [1.165, 1.54) is 20.3 Å². The van der Waals surface area contributed by atoms with Gasteiger partial charge in [0, 0.05) is 17.2 Å². The fourth-order valence-electron chi connectivity index (χ4n) is 4.12. The third kappa shape index (κ3) is 5.03. The van der Waals surface area contributed by atoms with Crippen LogP contribution in [0.4, 0.5) is 5.69 Å². The number of hydrogen-bond acceptors (Lipinski definition) is 9. The van der Waals surface area contributed by atoms with Crippen molar-refractivity contribution in [2.45, 2.75) is 19.4 Å². The standard InChI is InChI=1S/C28H25NO6S3/c1-28(2)24(36)21(27-37-22(25(31)34-4)23(38-27)26(32)35-5)18-8-6-7-9-19(18)29(28)20(30)15-12-16-10-13-17(33-3)14-11-16/h6-15H,1-5H3. The predicted molar refractivity (Wildman–Crippen MR) is 156 cm³/mol. The molecule has 2 heterocycles. The van der Waals surface area contributed by atoms with Crippen molar-refractivity contribution >= 4 is 75.8 Å². The fraction of sp³-hybridized carbons (Fsp3) is 0.214. The lowest BCUT2D eigenvalue weighted by molar-refractivity contribution is -0.138. The predicted octanol–water partition coefficient (Wildman–Crippen LogP) is 5.61. The largest absolute Gasteiger partial charge is 0.497 e. The van der Waals surface area contributed by atoms with Crippen LogP contribution < -0.4 is 9.64 Å². The van der Waals surface area contributed by atoms with Crippen molar-refractivity contribution in [3.8, 4) is 5.75 Å². The number of methoxy groups -OCH3 is 3. The summed E-state index contributed by atoms with van der Waals surface area (Å²) in [6.07, 6.45) is 3.27. The minimum atomic E-state index is -0.895. The van der Waals surface area contributed by atoms with Crippen LogP contribution in [-0.4, -0.2) is 49.6 Å². The summed E-state index contributed by atoms with van der Waals surface area (Å²) in [7, 11) is 4.11. The van der Waals surface area contributed by atoms with E-state index < -0.39 is 17.5 Å². The van der Waals surface area contributed by atoms with Gasteiger partial charge in [0.15, 0.2) is 0 Å². The molecule has 2 aliphatic heterocycles. The zero-order valence-electron chi connectivity index (χ0n) is 21.4. The Morgan fingerprint density at radius 2 is 1.47 bits per heavy atom. The number of carbonyl (C=O) groups is 3. The van der Waals surface area contributed by atoms with E-state index in [4.69, 9.17) is 26.4 Å². The van der Waals surface area contributed by atoms with Crippen molar-refractivity contribution < 1.29 is 28.6 Å². The number of rotatable bonds is 5. The van der Waals surface area contributed by atoms with Crippen molar-refractivity contribution in [3.63, 3.8) is 0 Å². The average molecular weight is 568 g/mol. The maximum atomic E-state index is 13.6. The lowest BCUT2D eigenvalue weighted by Crippen LogP contribution is -2.55. The van der Waals surface area contributed by atoms with E-state index in [1.807, 2.05) is 62.4 Å². The van der Waals surface area contributed by atoms with Gasteiger partial charge in [0.05, 0.1) is 41.7 Å². The van der Waals surface area contributed by atoms with Gasteiger partial charge in [-0.2, -0.15) is 0 Å². The van der Waals surface area contributed by atoms with Crippen LogP contribution >= 0.6 is 35.7 Å². The Balaban J connectivity index is 1.77. The molecule has 0 radical (unpaired) electrons. The van der Waals surface area contributed by atoms with Gasteiger partial charge in [-0.1, -0.05) is 66.1 Å². The summed E-state index contributed by atoms with van der Waals surface area (Å²) in [6, 6.07) is 14.8. The summed E-state index contributed by atoms with van der Waals surface area (Å²) in [5, 5.41) is 0. The van der Waals surface area contributed by atoms with Crippen LogP contribution in [0.25, 0.3) is 11.6 Å². The summed E-state index contributed by atoms with van der Waals surface area (Å²) in [5.41, 5.74) is 2.05. The Labute approximate surface area is 234 Å². The minimum Gasteiger partial charge on any atom is -0.497 e. The number of fused-ring (bicyclic) bond motifs is 1. The minimum absolute atomic E-state index is 0.144. The lowest BCUT2D eigenvalue weighted by Gasteiger charge is -2.44. The van der Waals surface area contributed by atoms with E-state index >= 15 is 0 Å². The molecule has 7 nitrogen and oxygen atoms in total. The molecule has 0 aliphatic carbocycles. The van der Waals surface area contributed by atoms with E-state index in [-0.39, 0.29) is 15.7 Å². The molecular formula is C28H25NO6S3. The van der Waals surface area contributed by atoms with E-state index in [0.29, 0.717) is 20.4 Å². The Bertz CT molecular complexity index is 1390. The number of benzene rings is 2. The number of nitrogens with zero attached hydrogens (tertiary/aromatic N) is 1. The van der Waals surface area contributed by atoms with Crippen LogP contribution in [0.2, 0.25) is 0 Å². The number of anilines is 1. The van der Waals surface area contributed by atoms with Gasteiger partial charge in [0.2, 0.25) is 0 Å². The van der Waals surface area contributed by atoms with Gasteiger partial charge in [-0.3, -0.25) is 9.69 Å². The highest BCUT2D eigenvalue weighted by molar-refractivity contribution is 8.29. The van der Waals surface area contributed by atoms with Crippen molar-refractivity contribution in [3.05, 3.63) is 79.8 Å². The quantitative estimate of drug-likeness (QED) is 0.260. The van der Waals surface area contributed by atoms with Crippen molar-refractivity contribution in [1.29, 1.82) is 0 Å². The zero-order valence-corrected chi connectivity index (χ0v) is 23.8. The third-order valence-corrected chi connectivity index (χ3v) is 9.31. The molecule has 10 heteroatoms. The normalized spacial score (nSPS) is 16.6. The second-order valence-corrected chi connectivity index (χ2v) is 11.4. The summed E-state index contributed by atoms with van der Waals surface area (Å²) >= 11 is 8.22. The number of amides is 1. The highest BCUT2D eigenvalue weighted by Gasteiger charge is 2.45. The van der Waals surface area contributed by atoms with Crippen LogP contribution in [-0.2, 0) is 23.9 Å². The topological polar surface area (TPSA) is 82.1 Å². The van der Waals surface area contributed by atoms with Gasteiger partial charge in [-0.05, 0) is 43.7 Å². The molecular weight excluding hydrogens is 543 g/mol. The molecule has 1 amide bonds. The number of hydrogen-bond donors (Lipinski definition) is 0. The smallest absolute Gasteiger partial charge is 0.346 e. The number of thioether (sulfide) groups is 2. The van der Waals surface area contributed by atoms with Crippen LogP contribution in [0, 0.1) is 0 Å². The molecule has 0 fully saturated rings. The summed E-state index contributed by atoms with van der Waals surface area (Å²) in [5.74, 6) is -0.769. The highest BCUT2D eigenvalue weighted by atomic mass is 32.2. The maximum Gasteiger partial charge on any atom is 0.346 e. The van der Waals surface area contributed by atoms with Crippen molar-refractivity contribution in [2.24, 2.45) is 0 Å². The molecule has 0 bridgehead atoms. The van der Waals surface area contributed by atoms with Gasteiger partial charge < -0.3 is 14.2 Å². The van der Waals surface area contributed by atoms with Crippen molar-refractivity contribution in [1.82, 2.24) is 0 Å². The first-order valence-corrected chi connectivity index (χ1v) is 13.5. The van der Waals surface area contributed by atoms with Gasteiger partial charge in [0.1, 0.15) is 15.6 Å². The molecule has 0 saturated heterocycles. The Hall–Kier alpha value is -3.34. The molecule has 0 atom stereocenters. The van der Waals surface area contributed by atoms with Gasteiger partial charge in [-0.25, -0.2) is 9.59 Å². The number of para-hydroxylation sites is 1. The number of carbonyl (C=O) groups excluding carboxylic acids is 3. The molecule has 0 N–H and O–H groups in total. The third-order valence-electron chi connectivity index (χ3n) is 6.05. The van der Waals surface area contributed by atoms with E-state index in [2.05, 4.69) is 0 Å². The Kier molecular flexibility index (Phi) is 8.15. The second-order valence-electron chi connectivity index (χ2n) is 8.69. The number of ether oxygens (including phenoxy) is 3. The van der Waals surface area contributed by atoms with E-state index in [9.17, 15) is 14.4 Å². The molecule has 4 rings (SSSR count). The fourth-order valence-corrected chi connectivity index (χ4v) is 7.15. The maximum absolute atomic E-state index is 13.6. The van der Waals surface area contributed by atoms with Gasteiger partial charge in [0.25, 0.3) is 5.91 Å². The van der Waals surface area contributed by atoms with Crippen LogP contribution in [0.5, 0.6) is 5.75 Å². The van der Waals surface area contributed by atoms with E-state index in [0.717, 1.165) is 40.4 Å². The lowest BCUT2D eigenvalue weighted by atomic mass is 9.83. The van der Waals surface area contributed by atoms with Crippen LogP contribution in [0.1, 0.15) is 25.0 Å². The molecule has 2 aromatic carbocycles. The van der Waals surface area contributed by atoms with Gasteiger partial charge >= 0.3 is 11.9 Å². The molecule has 196 valence electrons. The monoisotopic (exact) mass is 567 g/mol.